The molecule has 126 valence electrons. The average Bonchev–Trinajstić information content (AvgIpc) is 2.52. The van der Waals surface area contributed by atoms with Gasteiger partial charge in [0.1, 0.15) is 5.75 Å². The fourth-order valence-electron chi connectivity index (χ4n) is 1.87. The maximum absolute atomic E-state index is 5.62. The molecule has 1 aromatic carbocycles. The van der Waals surface area contributed by atoms with E-state index in [0.29, 0.717) is 13.2 Å². The fraction of sp³-hybridized carbons (Fsp3) is 0.562. The van der Waals surface area contributed by atoms with Crippen LogP contribution >= 0.6 is 24.0 Å². The Morgan fingerprint density at radius 3 is 2.59 bits per heavy atom. The van der Waals surface area contributed by atoms with Crippen LogP contribution in [0.3, 0.4) is 0 Å². The van der Waals surface area contributed by atoms with E-state index in [0.717, 1.165) is 36.9 Å². The van der Waals surface area contributed by atoms with Gasteiger partial charge in [-0.2, -0.15) is 0 Å². The number of para-hydroxylation sites is 1. The summed E-state index contributed by atoms with van der Waals surface area (Å²) in [6, 6.07) is 8.07. The molecule has 0 aliphatic heterocycles. The Morgan fingerprint density at radius 1 is 1.23 bits per heavy atom. The zero-order chi connectivity index (χ0) is 15.5. The highest BCUT2D eigenvalue weighted by molar-refractivity contribution is 14.0. The lowest BCUT2D eigenvalue weighted by Gasteiger charge is -2.17. The second kappa shape index (κ2) is 12.5. The Kier molecular flexibility index (Phi) is 11.9. The summed E-state index contributed by atoms with van der Waals surface area (Å²) in [6.45, 7) is 8.43. The van der Waals surface area contributed by atoms with Gasteiger partial charge < -0.3 is 20.3 Å². The highest BCUT2D eigenvalue weighted by Gasteiger charge is 2.04. The van der Waals surface area contributed by atoms with Crippen molar-refractivity contribution in [2.75, 3.05) is 40.3 Å². The molecule has 22 heavy (non-hydrogen) atoms. The lowest BCUT2D eigenvalue weighted by Crippen LogP contribution is -2.40. The van der Waals surface area contributed by atoms with Crippen molar-refractivity contribution in [3.8, 4) is 5.75 Å². The third-order valence-electron chi connectivity index (χ3n) is 3.27. The van der Waals surface area contributed by atoms with E-state index >= 15 is 0 Å². The minimum Gasteiger partial charge on any atom is -0.494 e. The van der Waals surface area contributed by atoms with Crippen LogP contribution < -0.4 is 15.4 Å². The van der Waals surface area contributed by atoms with Gasteiger partial charge in [-0.15, -0.1) is 24.0 Å². The van der Waals surface area contributed by atoms with Crippen LogP contribution in [0.5, 0.6) is 5.75 Å². The molecule has 6 heteroatoms. The molecule has 0 bridgehead atoms. The summed E-state index contributed by atoms with van der Waals surface area (Å²) in [5, 5.41) is 6.63. The molecule has 2 N–H and O–H groups in total. The van der Waals surface area contributed by atoms with Crippen LogP contribution in [-0.4, -0.2) is 51.2 Å². The standard InChI is InChI=1S/C16H28N4O.HI/c1-5-20(4)12-11-18-16(17-3)19-13-14-9-7-8-10-15(14)21-6-2;/h7-10H,5-6,11-13H2,1-4H3,(H2,17,18,19);1H. The fourth-order valence-corrected chi connectivity index (χ4v) is 1.87. The molecule has 0 atom stereocenters. The number of hydrogen-bond acceptors (Lipinski definition) is 3. The van der Waals surface area contributed by atoms with Crippen LogP contribution in [0, 0.1) is 0 Å². The van der Waals surface area contributed by atoms with Crippen molar-refractivity contribution < 1.29 is 4.74 Å². The molecule has 0 aliphatic carbocycles. The van der Waals surface area contributed by atoms with Gasteiger partial charge in [0.15, 0.2) is 5.96 Å². The summed E-state index contributed by atoms with van der Waals surface area (Å²) in [5.41, 5.74) is 1.13. The molecule has 0 amide bonds. The van der Waals surface area contributed by atoms with E-state index in [-0.39, 0.29) is 24.0 Å². The van der Waals surface area contributed by atoms with Gasteiger partial charge in [-0.3, -0.25) is 4.99 Å². The number of guanidine groups is 1. The van der Waals surface area contributed by atoms with Crippen LogP contribution in [0.4, 0.5) is 0 Å². The van der Waals surface area contributed by atoms with Crippen molar-refractivity contribution in [1.29, 1.82) is 0 Å². The number of halogens is 1. The molecule has 0 saturated heterocycles. The minimum absolute atomic E-state index is 0. The van der Waals surface area contributed by atoms with Gasteiger partial charge in [0.2, 0.25) is 0 Å². The Hall–Kier alpha value is -1.02. The van der Waals surface area contributed by atoms with E-state index in [4.69, 9.17) is 4.74 Å². The predicted octanol–water partition coefficient (Wildman–Crippen LogP) is 2.32. The molecular formula is C16H29IN4O. The number of aliphatic imine (C=N–C) groups is 1. The molecule has 0 saturated carbocycles. The zero-order valence-electron chi connectivity index (χ0n) is 14.1. The highest BCUT2D eigenvalue weighted by Crippen LogP contribution is 2.17. The van der Waals surface area contributed by atoms with Gasteiger partial charge in [-0.05, 0) is 26.6 Å². The van der Waals surface area contributed by atoms with Crippen LogP contribution in [-0.2, 0) is 6.54 Å². The van der Waals surface area contributed by atoms with E-state index < -0.39 is 0 Å². The largest absolute Gasteiger partial charge is 0.494 e. The van der Waals surface area contributed by atoms with Gasteiger partial charge in [-0.1, -0.05) is 25.1 Å². The van der Waals surface area contributed by atoms with Gasteiger partial charge >= 0.3 is 0 Å². The van der Waals surface area contributed by atoms with Crippen LogP contribution in [0.25, 0.3) is 0 Å². The molecule has 0 radical (unpaired) electrons. The first-order valence-electron chi connectivity index (χ1n) is 7.55. The first-order chi connectivity index (χ1) is 10.2. The zero-order valence-corrected chi connectivity index (χ0v) is 16.4. The second-order valence-corrected chi connectivity index (χ2v) is 4.79. The summed E-state index contributed by atoms with van der Waals surface area (Å²) in [7, 11) is 3.89. The van der Waals surface area contributed by atoms with Gasteiger partial charge in [0, 0.05) is 32.2 Å². The van der Waals surface area contributed by atoms with Crippen molar-refractivity contribution in [1.82, 2.24) is 15.5 Å². The smallest absolute Gasteiger partial charge is 0.191 e. The molecule has 5 nitrogen and oxygen atoms in total. The quantitative estimate of drug-likeness (QED) is 0.385. The topological polar surface area (TPSA) is 48.9 Å². The molecule has 0 fully saturated rings. The monoisotopic (exact) mass is 420 g/mol. The van der Waals surface area contributed by atoms with Crippen LogP contribution in [0.2, 0.25) is 0 Å². The van der Waals surface area contributed by atoms with E-state index in [9.17, 15) is 0 Å². The average molecular weight is 420 g/mol. The predicted molar refractivity (Wildman–Crippen MR) is 104 cm³/mol. The SMILES string of the molecule is CCOc1ccccc1CNC(=NC)NCCN(C)CC.I. The Bertz CT molecular complexity index is 440. The molecule has 1 rings (SSSR count). The number of benzene rings is 1. The summed E-state index contributed by atoms with van der Waals surface area (Å²) < 4.78 is 5.62. The van der Waals surface area contributed by atoms with Crippen molar-refractivity contribution in [3.63, 3.8) is 0 Å². The molecule has 0 unspecified atom stereocenters. The molecule has 1 aromatic rings. The minimum atomic E-state index is 0. The summed E-state index contributed by atoms with van der Waals surface area (Å²) >= 11 is 0. The van der Waals surface area contributed by atoms with Crippen molar-refractivity contribution in [2.24, 2.45) is 4.99 Å². The highest BCUT2D eigenvalue weighted by atomic mass is 127. The van der Waals surface area contributed by atoms with Crippen molar-refractivity contribution >= 4 is 29.9 Å². The number of ether oxygens (including phenoxy) is 1. The molecule has 0 spiro atoms. The lowest BCUT2D eigenvalue weighted by molar-refractivity contribution is 0.336. The third-order valence-corrected chi connectivity index (χ3v) is 3.27. The molecular weight excluding hydrogens is 391 g/mol. The molecule has 0 aromatic heterocycles. The number of nitrogens with one attached hydrogen (secondary N) is 2. The normalized spacial score (nSPS) is 11.0. The third kappa shape index (κ3) is 7.84. The maximum atomic E-state index is 5.62. The van der Waals surface area contributed by atoms with E-state index in [1.54, 1.807) is 7.05 Å². The van der Waals surface area contributed by atoms with E-state index in [1.165, 1.54) is 0 Å². The second-order valence-electron chi connectivity index (χ2n) is 4.79. The molecule has 0 aliphatic rings. The van der Waals surface area contributed by atoms with Crippen molar-refractivity contribution in [3.05, 3.63) is 29.8 Å². The summed E-state index contributed by atoms with van der Waals surface area (Å²) in [4.78, 5) is 6.49. The van der Waals surface area contributed by atoms with Crippen molar-refractivity contribution in [2.45, 2.75) is 20.4 Å². The summed E-state index contributed by atoms with van der Waals surface area (Å²) in [6.07, 6.45) is 0. The number of nitrogens with zero attached hydrogens (tertiary/aromatic N) is 2. The van der Waals surface area contributed by atoms with E-state index in [1.807, 2.05) is 25.1 Å². The maximum Gasteiger partial charge on any atom is 0.191 e. The van der Waals surface area contributed by atoms with Crippen LogP contribution in [0.15, 0.2) is 29.3 Å². The lowest BCUT2D eigenvalue weighted by atomic mass is 10.2. The van der Waals surface area contributed by atoms with E-state index in [2.05, 4.69) is 40.6 Å². The number of likely N-dealkylation sites (N-methyl/N-ethyl adjacent to an activating group) is 1. The Labute approximate surface area is 151 Å². The van der Waals surface area contributed by atoms with Gasteiger partial charge in [0.05, 0.1) is 6.61 Å². The first-order valence-corrected chi connectivity index (χ1v) is 7.55. The van der Waals surface area contributed by atoms with Gasteiger partial charge in [-0.25, -0.2) is 0 Å². The van der Waals surface area contributed by atoms with Gasteiger partial charge in [0.25, 0.3) is 0 Å². The Morgan fingerprint density at radius 2 is 1.95 bits per heavy atom. The summed E-state index contributed by atoms with van der Waals surface area (Å²) in [5.74, 6) is 1.74. The molecule has 0 heterocycles. The van der Waals surface area contributed by atoms with Crippen LogP contribution in [0.1, 0.15) is 19.4 Å². The number of hydrogen-bond donors (Lipinski definition) is 2. The Balaban J connectivity index is 0.00000441. The number of rotatable bonds is 8. The first kappa shape index (κ1) is 21.0.